The average Bonchev–Trinajstić information content (AvgIpc) is 2.65. The molecule has 1 unspecified atom stereocenters. The van der Waals surface area contributed by atoms with Gasteiger partial charge in [-0.2, -0.15) is 0 Å². The Morgan fingerprint density at radius 2 is 2.38 bits per heavy atom. The van der Waals surface area contributed by atoms with Crippen LogP contribution in [0.3, 0.4) is 0 Å². The highest BCUT2D eigenvalue weighted by Gasteiger charge is 2.07. The van der Waals surface area contributed by atoms with E-state index in [1.165, 1.54) is 0 Å². The van der Waals surface area contributed by atoms with Gasteiger partial charge in [0, 0.05) is 0 Å². The Morgan fingerprint density at radius 1 is 1.54 bits per heavy atom. The van der Waals surface area contributed by atoms with Crippen LogP contribution in [0.25, 0.3) is 0 Å². The zero-order valence-corrected chi connectivity index (χ0v) is 7.94. The third-order valence-electron chi connectivity index (χ3n) is 1.88. The van der Waals surface area contributed by atoms with Crippen molar-refractivity contribution in [2.24, 2.45) is 0 Å². The number of furan rings is 1. The second kappa shape index (κ2) is 5.60. The van der Waals surface area contributed by atoms with Gasteiger partial charge >= 0.3 is 0 Å². The summed E-state index contributed by atoms with van der Waals surface area (Å²) in [5.74, 6) is 0.657. The summed E-state index contributed by atoms with van der Waals surface area (Å²) >= 11 is 0. The largest absolute Gasteiger partial charge is 0.467 e. The lowest BCUT2D eigenvalue weighted by atomic mass is 10.1. The molecular weight excluding hydrogens is 164 g/mol. The maximum atomic E-state index is 9.58. The standard InChI is InChI=1S/C11H16O2/c1-2-3-4-5-7-10(12)11-8-6-9-13-11/h3-4,6,8-10,12H,2,5,7H2,1H3/b4-3-. The molecule has 0 radical (unpaired) electrons. The first-order valence-electron chi connectivity index (χ1n) is 4.71. The summed E-state index contributed by atoms with van der Waals surface area (Å²) in [5.41, 5.74) is 0. The fourth-order valence-corrected chi connectivity index (χ4v) is 1.16. The molecule has 0 aromatic carbocycles. The van der Waals surface area contributed by atoms with E-state index in [1.54, 1.807) is 18.4 Å². The van der Waals surface area contributed by atoms with Gasteiger partial charge in [-0.25, -0.2) is 0 Å². The van der Waals surface area contributed by atoms with Crippen molar-refractivity contribution >= 4 is 0 Å². The van der Waals surface area contributed by atoms with Gasteiger partial charge in [-0.05, 0) is 31.4 Å². The van der Waals surface area contributed by atoms with Crippen molar-refractivity contribution in [3.8, 4) is 0 Å². The number of aliphatic hydroxyl groups is 1. The number of hydrogen-bond acceptors (Lipinski definition) is 2. The number of hydrogen-bond donors (Lipinski definition) is 1. The summed E-state index contributed by atoms with van der Waals surface area (Å²) in [6.45, 7) is 2.10. The van der Waals surface area contributed by atoms with E-state index >= 15 is 0 Å². The lowest BCUT2D eigenvalue weighted by molar-refractivity contribution is 0.141. The molecule has 0 bridgehead atoms. The van der Waals surface area contributed by atoms with Gasteiger partial charge in [-0.3, -0.25) is 0 Å². The molecule has 2 nitrogen and oxygen atoms in total. The van der Waals surface area contributed by atoms with E-state index in [1.807, 2.05) is 0 Å². The molecule has 0 aliphatic carbocycles. The monoisotopic (exact) mass is 180 g/mol. The fraction of sp³-hybridized carbons (Fsp3) is 0.455. The lowest BCUT2D eigenvalue weighted by Crippen LogP contribution is -1.93. The predicted octanol–water partition coefficient (Wildman–Crippen LogP) is 3.06. The van der Waals surface area contributed by atoms with E-state index in [0.717, 1.165) is 19.3 Å². The first-order chi connectivity index (χ1) is 6.34. The molecule has 1 aromatic heterocycles. The Kier molecular flexibility index (Phi) is 4.33. The fourth-order valence-electron chi connectivity index (χ4n) is 1.16. The van der Waals surface area contributed by atoms with Gasteiger partial charge in [0.2, 0.25) is 0 Å². The maximum Gasteiger partial charge on any atom is 0.132 e. The molecule has 13 heavy (non-hydrogen) atoms. The maximum absolute atomic E-state index is 9.58. The van der Waals surface area contributed by atoms with Crippen LogP contribution in [0.15, 0.2) is 35.0 Å². The van der Waals surface area contributed by atoms with Crippen molar-refractivity contribution in [1.29, 1.82) is 0 Å². The SMILES string of the molecule is CC/C=C\CCC(O)c1ccco1. The summed E-state index contributed by atoms with van der Waals surface area (Å²) in [7, 11) is 0. The topological polar surface area (TPSA) is 33.4 Å². The smallest absolute Gasteiger partial charge is 0.132 e. The molecule has 1 N–H and O–H groups in total. The molecule has 0 amide bonds. The third kappa shape index (κ3) is 3.47. The van der Waals surface area contributed by atoms with Crippen molar-refractivity contribution in [3.05, 3.63) is 36.3 Å². The number of aliphatic hydroxyl groups excluding tert-OH is 1. The van der Waals surface area contributed by atoms with Crippen LogP contribution in [0.5, 0.6) is 0 Å². The number of allylic oxidation sites excluding steroid dienone is 2. The highest BCUT2D eigenvalue weighted by atomic mass is 16.4. The van der Waals surface area contributed by atoms with Gasteiger partial charge in [0.15, 0.2) is 0 Å². The summed E-state index contributed by atoms with van der Waals surface area (Å²) in [6, 6.07) is 3.59. The molecular formula is C11H16O2. The minimum absolute atomic E-state index is 0.462. The number of rotatable bonds is 5. The average molecular weight is 180 g/mol. The van der Waals surface area contributed by atoms with Gasteiger partial charge in [0.25, 0.3) is 0 Å². The van der Waals surface area contributed by atoms with Gasteiger partial charge in [-0.15, -0.1) is 0 Å². The van der Waals surface area contributed by atoms with E-state index in [0.29, 0.717) is 5.76 Å². The van der Waals surface area contributed by atoms with Gasteiger partial charge < -0.3 is 9.52 Å². The van der Waals surface area contributed by atoms with E-state index < -0.39 is 6.10 Å². The molecule has 1 heterocycles. The zero-order valence-electron chi connectivity index (χ0n) is 7.94. The van der Waals surface area contributed by atoms with Crippen LogP contribution in [0.1, 0.15) is 38.1 Å². The van der Waals surface area contributed by atoms with Crippen LogP contribution in [-0.2, 0) is 0 Å². The Balaban J connectivity index is 2.26. The summed E-state index contributed by atoms with van der Waals surface area (Å²) in [4.78, 5) is 0. The van der Waals surface area contributed by atoms with Crippen molar-refractivity contribution in [2.75, 3.05) is 0 Å². The van der Waals surface area contributed by atoms with Crippen LogP contribution in [0.2, 0.25) is 0 Å². The molecule has 0 spiro atoms. The molecule has 0 saturated heterocycles. The molecule has 0 fully saturated rings. The van der Waals surface area contributed by atoms with E-state index in [9.17, 15) is 5.11 Å². The van der Waals surface area contributed by atoms with E-state index in [-0.39, 0.29) is 0 Å². The highest BCUT2D eigenvalue weighted by Crippen LogP contribution is 2.18. The minimum atomic E-state index is -0.462. The quantitative estimate of drug-likeness (QED) is 0.706. The molecule has 1 aromatic rings. The molecule has 72 valence electrons. The Morgan fingerprint density at radius 3 is 3.00 bits per heavy atom. The van der Waals surface area contributed by atoms with Crippen molar-refractivity contribution in [2.45, 2.75) is 32.3 Å². The first-order valence-corrected chi connectivity index (χ1v) is 4.71. The van der Waals surface area contributed by atoms with Crippen LogP contribution < -0.4 is 0 Å². The molecule has 0 saturated carbocycles. The van der Waals surface area contributed by atoms with Crippen LogP contribution in [0, 0.1) is 0 Å². The van der Waals surface area contributed by atoms with Crippen molar-refractivity contribution in [1.82, 2.24) is 0 Å². The summed E-state index contributed by atoms with van der Waals surface area (Å²) in [6.07, 6.45) is 7.99. The molecule has 1 rings (SSSR count). The zero-order chi connectivity index (χ0) is 9.52. The van der Waals surface area contributed by atoms with Crippen LogP contribution in [-0.4, -0.2) is 5.11 Å². The predicted molar refractivity (Wildman–Crippen MR) is 52.3 cm³/mol. The Labute approximate surface area is 78.9 Å². The molecule has 0 aliphatic heterocycles. The Hall–Kier alpha value is -1.02. The highest BCUT2D eigenvalue weighted by molar-refractivity contribution is 5.01. The van der Waals surface area contributed by atoms with Gasteiger partial charge in [0.1, 0.15) is 11.9 Å². The van der Waals surface area contributed by atoms with Gasteiger partial charge in [0.05, 0.1) is 6.26 Å². The second-order valence-electron chi connectivity index (χ2n) is 2.99. The van der Waals surface area contributed by atoms with E-state index in [4.69, 9.17) is 4.42 Å². The lowest BCUT2D eigenvalue weighted by Gasteiger charge is -2.04. The molecule has 1 atom stereocenters. The molecule has 2 heteroatoms. The van der Waals surface area contributed by atoms with Crippen molar-refractivity contribution in [3.63, 3.8) is 0 Å². The molecule has 0 aliphatic rings. The van der Waals surface area contributed by atoms with Crippen LogP contribution in [0.4, 0.5) is 0 Å². The summed E-state index contributed by atoms with van der Waals surface area (Å²) < 4.78 is 5.08. The minimum Gasteiger partial charge on any atom is -0.467 e. The second-order valence-corrected chi connectivity index (χ2v) is 2.99. The van der Waals surface area contributed by atoms with Crippen LogP contribution >= 0.6 is 0 Å². The van der Waals surface area contributed by atoms with E-state index in [2.05, 4.69) is 19.1 Å². The summed E-state index contributed by atoms with van der Waals surface area (Å²) in [5, 5.41) is 9.58. The third-order valence-corrected chi connectivity index (χ3v) is 1.88. The normalized spacial score (nSPS) is 13.7. The van der Waals surface area contributed by atoms with Gasteiger partial charge in [-0.1, -0.05) is 19.1 Å². The van der Waals surface area contributed by atoms with Crippen molar-refractivity contribution < 1.29 is 9.52 Å². The Bertz CT molecular complexity index is 237. The first kappa shape index (κ1) is 10.1.